The van der Waals surface area contributed by atoms with E-state index in [9.17, 15) is 4.79 Å². The van der Waals surface area contributed by atoms with Gasteiger partial charge >= 0.3 is 0 Å². The van der Waals surface area contributed by atoms with E-state index in [0.29, 0.717) is 52.4 Å². The highest BCUT2D eigenvalue weighted by molar-refractivity contribution is 6.74. The fraction of sp³-hybridized carbons (Fsp3) is 0.519. The Morgan fingerprint density at radius 1 is 1.03 bits per heavy atom. The van der Waals surface area contributed by atoms with Crippen molar-refractivity contribution in [2.75, 3.05) is 41.2 Å². The summed E-state index contributed by atoms with van der Waals surface area (Å²) in [5, 5.41) is 0.970. The third kappa shape index (κ3) is 6.20. The number of halogens is 2. The van der Waals surface area contributed by atoms with Crippen molar-refractivity contribution in [2.24, 2.45) is 0 Å². The molecule has 2 aromatic rings. The molecule has 1 saturated heterocycles. The maximum atomic E-state index is 13.6. The molecule has 1 amide bonds. The van der Waals surface area contributed by atoms with Gasteiger partial charge in [-0.2, -0.15) is 0 Å². The second-order valence-electron chi connectivity index (χ2n) is 10.7. The first-order valence-corrected chi connectivity index (χ1v) is 15.8. The molecule has 10 heteroatoms. The highest BCUT2D eigenvalue weighted by Gasteiger charge is 2.44. The molecule has 0 bridgehead atoms. The summed E-state index contributed by atoms with van der Waals surface area (Å²) in [6.07, 6.45) is 0.552. The van der Waals surface area contributed by atoms with Gasteiger partial charge < -0.3 is 28.3 Å². The molecule has 1 atom stereocenters. The summed E-state index contributed by atoms with van der Waals surface area (Å²) in [6, 6.07) is 8.74. The van der Waals surface area contributed by atoms with E-state index in [4.69, 9.17) is 46.6 Å². The van der Waals surface area contributed by atoms with E-state index in [2.05, 4.69) is 33.9 Å². The van der Waals surface area contributed by atoms with Gasteiger partial charge in [-0.3, -0.25) is 4.79 Å². The van der Waals surface area contributed by atoms with Crippen molar-refractivity contribution in [3.63, 3.8) is 0 Å². The number of rotatable bonds is 9. The molecule has 1 heterocycles. The van der Waals surface area contributed by atoms with Gasteiger partial charge in [-0.05, 0) is 48.0 Å². The van der Waals surface area contributed by atoms with Gasteiger partial charge in [0.25, 0.3) is 5.91 Å². The summed E-state index contributed by atoms with van der Waals surface area (Å²) in [6.45, 7) is 12.0. The Kier molecular flexibility index (Phi) is 9.12. The van der Waals surface area contributed by atoms with Crippen LogP contribution in [0.4, 0.5) is 0 Å². The van der Waals surface area contributed by atoms with E-state index in [1.807, 2.05) is 12.1 Å². The summed E-state index contributed by atoms with van der Waals surface area (Å²) in [5.41, 5.74) is 0.453. The molecule has 7 nitrogen and oxygen atoms in total. The molecule has 0 spiro atoms. The van der Waals surface area contributed by atoms with Crippen LogP contribution in [0.3, 0.4) is 0 Å². The zero-order valence-electron chi connectivity index (χ0n) is 22.9. The van der Waals surface area contributed by atoms with Crippen LogP contribution in [-0.4, -0.2) is 60.3 Å². The Morgan fingerprint density at radius 3 is 2.16 bits per heavy atom. The molecule has 1 aliphatic rings. The van der Waals surface area contributed by atoms with E-state index in [1.165, 1.54) is 21.3 Å². The average molecular weight is 571 g/mol. The van der Waals surface area contributed by atoms with Crippen LogP contribution in [0.15, 0.2) is 30.3 Å². The summed E-state index contributed by atoms with van der Waals surface area (Å²) in [7, 11) is 2.58. The van der Waals surface area contributed by atoms with Gasteiger partial charge in [0.1, 0.15) is 12.3 Å². The fourth-order valence-electron chi connectivity index (χ4n) is 4.06. The molecule has 204 valence electrons. The molecule has 0 saturated carbocycles. The van der Waals surface area contributed by atoms with Crippen molar-refractivity contribution in [1.29, 1.82) is 0 Å². The number of amides is 1. The summed E-state index contributed by atoms with van der Waals surface area (Å²) in [4.78, 5) is 15.3. The minimum absolute atomic E-state index is 0.0781. The molecule has 1 fully saturated rings. The number of hydrogen-bond acceptors (Lipinski definition) is 6. The van der Waals surface area contributed by atoms with Gasteiger partial charge in [-0.15, -0.1) is 0 Å². The molecule has 0 radical (unpaired) electrons. The lowest BCUT2D eigenvalue weighted by Gasteiger charge is -2.37. The number of ether oxygens (including phenoxy) is 4. The molecule has 3 rings (SSSR count). The number of carbonyl (C=O) groups excluding carboxylic acids is 1. The van der Waals surface area contributed by atoms with Crippen molar-refractivity contribution >= 4 is 37.4 Å². The van der Waals surface area contributed by atoms with Crippen molar-refractivity contribution in [3.05, 3.63) is 51.5 Å². The summed E-state index contributed by atoms with van der Waals surface area (Å²) >= 11 is 12.6. The topological polar surface area (TPSA) is 66.5 Å². The third-order valence-electron chi connectivity index (χ3n) is 7.36. The third-order valence-corrected chi connectivity index (χ3v) is 12.6. The standard InChI is InChI=1S/C27H37Cl2NO6Si/c1-26(2,3)37(7,8)36-12-11-27(19-9-10-20(28)21(29)15-19)16-30(17-35-27)25(31)18-13-22(32-4)24(34-6)23(14-18)33-5/h9-10,13-15H,11-12,16-17H2,1-8H3/t27-/m0/s1. The molecule has 0 N–H and O–H groups in total. The Balaban J connectivity index is 1.91. The minimum atomic E-state index is -1.98. The largest absolute Gasteiger partial charge is 0.493 e. The second kappa shape index (κ2) is 11.4. The molecule has 1 aliphatic heterocycles. The SMILES string of the molecule is COc1cc(C(=O)N2CO[C@](CCO[Si](C)(C)C(C)(C)C)(c3ccc(Cl)c(Cl)c3)C2)cc(OC)c1OC. The van der Waals surface area contributed by atoms with Crippen LogP contribution >= 0.6 is 23.2 Å². The first-order chi connectivity index (χ1) is 17.3. The van der Waals surface area contributed by atoms with Crippen molar-refractivity contribution in [2.45, 2.75) is 50.9 Å². The van der Waals surface area contributed by atoms with Gasteiger partial charge in [0, 0.05) is 18.6 Å². The Hall–Kier alpha value is -1.97. The maximum Gasteiger partial charge on any atom is 0.256 e. The number of hydrogen-bond donors (Lipinski definition) is 0. The van der Waals surface area contributed by atoms with Crippen LogP contribution in [-0.2, 0) is 14.8 Å². The quantitative estimate of drug-likeness (QED) is 0.311. The van der Waals surface area contributed by atoms with Gasteiger partial charge in [0.15, 0.2) is 19.8 Å². The van der Waals surface area contributed by atoms with E-state index in [0.717, 1.165) is 5.56 Å². The first kappa shape index (κ1) is 29.6. The van der Waals surface area contributed by atoms with E-state index >= 15 is 0 Å². The number of carbonyl (C=O) groups is 1. The normalized spacial score (nSPS) is 18.2. The molecule has 0 aromatic heterocycles. The lowest BCUT2D eigenvalue weighted by atomic mass is 9.90. The maximum absolute atomic E-state index is 13.6. The highest BCUT2D eigenvalue weighted by Crippen LogP contribution is 2.42. The smallest absolute Gasteiger partial charge is 0.256 e. The lowest BCUT2D eigenvalue weighted by Crippen LogP contribution is -2.42. The van der Waals surface area contributed by atoms with Crippen molar-refractivity contribution in [3.8, 4) is 17.2 Å². The van der Waals surface area contributed by atoms with Crippen molar-refractivity contribution in [1.82, 2.24) is 4.90 Å². The van der Waals surface area contributed by atoms with Crippen molar-refractivity contribution < 1.29 is 28.2 Å². The van der Waals surface area contributed by atoms with E-state index < -0.39 is 13.9 Å². The first-order valence-electron chi connectivity index (χ1n) is 12.1. The molecular weight excluding hydrogens is 533 g/mol. The van der Waals surface area contributed by atoms with Crippen LogP contribution < -0.4 is 14.2 Å². The Bertz CT molecular complexity index is 1110. The molecule has 37 heavy (non-hydrogen) atoms. The Morgan fingerprint density at radius 2 is 1.65 bits per heavy atom. The van der Waals surface area contributed by atoms with Crippen LogP contribution in [0, 0.1) is 0 Å². The van der Waals surface area contributed by atoms with Gasteiger partial charge in [-0.1, -0.05) is 50.0 Å². The lowest BCUT2D eigenvalue weighted by molar-refractivity contribution is -0.0141. The predicted molar refractivity (Wildman–Crippen MR) is 149 cm³/mol. The van der Waals surface area contributed by atoms with Crippen LogP contribution in [0.25, 0.3) is 0 Å². The highest BCUT2D eigenvalue weighted by atomic mass is 35.5. The minimum Gasteiger partial charge on any atom is -0.493 e. The molecule has 0 unspecified atom stereocenters. The van der Waals surface area contributed by atoms with E-state index in [-0.39, 0.29) is 17.7 Å². The Labute approximate surface area is 231 Å². The van der Waals surface area contributed by atoms with Gasteiger partial charge in [-0.25, -0.2) is 0 Å². The van der Waals surface area contributed by atoms with Crippen LogP contribution in [0.1, 0.15) is 43.1 Å². The molecule has 0 aliphatic carbocycles. The van der Waals surface area contributed by atoms with Crippen LogP contribution in [0.5, 0.6) is 17.2 Å². The monoisotopic (exact) mass is 569 g/mol. The average Bonchev–Trinajstić information content (AvgIpc) is 3.28. The fourth-order valence-corrected chi connectivity index (χ4v) is 5.40. The van der Waals surface area contributed by atoms with Crippen LogP contribution in [0.2, 0.25) is 28.2 Å². The number of nitrogens with zero attached hydrogens (tertiary/aromatic N) is 1. The molecular formula is C27H37Cl2NO6Si. The van der Waals surface area contributed by atoms with Gasteiger partial charge in [0.2, 0.25) is 5.75 Å². The zero-order chi connectivity index (χ0) is 27.6. The number of methoxy groups -OCH3 is 3. The summed E-state index contributed by atoms with van der Waals surface area (Å²) in [5.74, 6) is 1.02. The predicted octanol–water partition coefficient (Wildman–Crippen LogP) is 6.76. The van der Waals surface area contributed by atoms with E-state index in [1.54, 1.807) is 23.1 Å². The van der Waals surface area contributed by atoms with Gasteiger partial charge in [0.05, 0.1) is 37.9 Å². The zero-order valence-corrected chi connectivity index (χ0v) is 25.4. The summed E-state index contributed by atoms with van der Waals surface area (Å²) < 4.78 is 29.1. The second-order valence-corrected chi connectivity index (χ2v) is 16.3. The molecule has 2 aromatic carbocycles. The number of benzene rings is 2.